The van der Waals surface area contributed by atoms with Crippen molar-refractivity contribution in [1.29, 1.82) is 0 Å². The maximum absolute atomic E-state index is 13.1. The second-order valence-corrected chi connectivity index (χ2v) is 6.91. The van der Waals surface area contributed by atoms with E-state index in [1.807, 2.05) is 35.3 Å². The molecule has 31 heavy (non-hydrogen) atoms. The van der Waals surface area contributed by atoms with Gasteiger partial charge in [0.25, 0.3) is 11.5 Å². The molecule has 7 nitrogen and oxygen atoms in total. The molecule has 0 aliphatic carbocycles. The molecule has 2 N–H and O–H groups in total. The number of carbonyl (C=O) groups excluding carboxylic acids is 1. The highest BCUT2D eigenvalue weighted by Gasteiger charge is 2.31. The van der Waals surface area contributed by atoms with Gasteiger partial charge in [-0.15, -0.1) is 0 Å². The Labute approximate surface area is 173 Å². The van der Waals surface area contributed by atoms with E-state index in [0.717, 1.165) is 5.56 Å². The summed E-state index contributed by atoms with van der Waals surface area (Å²) in [5.74, 6) is -0.745. The molecule has 3 heterocycles. The lowest BCUT2D eigenvalue weighted by Gasteiger charge is -2.11. The molecule has 0 spiro atoms. The maximum atomic E-state index is 13.1. The number of pyridine rings is 2. The van der Waals surface area contributed by atoms with Crippen molar-refractivity contribution in [2.75, 3.05) is 5.32 Å². The predicted octanol–water partition coefficient (Wildman–Crippen LogP) is 3.90. The van der Waals surface area contributed by atoms with Gasteiger partial charge in [-0.3, -0.25) is 14.3 Å². The number of anilines is 1. The average molecular weight is 427 g/mol. The highest BCUT2D eigenvalue weighted by Crippen LogP contribution is 2.30. The molecule has 158 valence electrons. The van der Waals surface area contributed by atoms with Gasteiger partial charge in [0.15, 0.2) is 5.65 Å². The van der Waals surface area contributed by atoms with E-state index in [1.54, 1.807) is 14.0 Å². The van der Waals surface area contributed by atoms with Gasteiger partial charge in [-0.1, -0.05) is 30.3 Å². The molecule has 0 bridgehead atoms. The number of rotatable bonds is 3. The zero-order valence-corrected chi connectivity index (χ0v) is 16.4. The number of benzene rings is 1. The summed E-state index contributed by atoms with van der Waals surface area (Å²) in [5.41, 5.74) is -0.107. The van der Waals surface area contributed by atoms with Crippen LogP contribution < -0.4 is 10.9 Å². The lowest BCUT2D eigenvalue weighted by atomic mass is 10.0. The summed E-state index contributed by atoms with van der Waals surface area (Å²) in [5, 5.41) is 7.04. The first-order valence-corrected chi connectivity index (χ1v) is 9.16. The number of aromatic amines is 1. The molecule has 1 amide bonds. The number of aromatic nitrogens is 4. The fraction of sp³-hybridized carbons (Fsp3) is 0.143. The molecule has 0 aliphatic rings. The highest BCUT2D eigenvalue weighted by atomic mass is 19.4. The summed E-state index contributed by atoms with van der Waals surface area (Å²) in [7, 11) is 1.68. The number of H-pyrrole nitrogens is 1. The van der Waals surface area contributed by atoms with Crippen LogP contribution in [0.4, 0.5) is 18.9 Å². The smallest absolute Gasteiger partial charge is 0.327 e. The molecular weight excluding hydrogens is 411 g/mol. The van der Waals surface area contributed by atoms with Crippen LogP contribution in [-0.4, -0.2) is 25.7 Å². The van der Waals surface area contributed by atoms with E-state index in [9.17, 15) is 22.8 Å². The van der Waals surface area contributed by atoms with Crippen molar-refractivity contribution in [3.05, 3.63) is 75.8 Å². The second-order valence-electron chi connectivity index (χ2n) is 6.91. The molecule has 1 aromatic carbocycles. The van der Waals surface area contributed by atoms with E-state index in [2.05, 4.69) is 15.4 Å². The molecule has 0 saturated heterocycles. The lowest BCUT2D eigenvalue weighted by Crippen LogP contribution is -2.22. The number of hydrogen-bond donors (Lipinski definition) is 2. The summed E-state index contributed by atoms with van der Waals surface area (Å²) >= 11 is 0. The zero-order chi connectivity index (χ0) is 22.3. The fourth-order valence-corrected chi connectivity index (χ4v) is 3.31. The van der Waals surface area contributed by atoms with Crippen molar-refractivity contribution < 1.29 is 18.0 Å². The van der Waals surface area contributed by atoms with E-state index in [4.69, 9.17) is 0 Å². The summed E-state index contributed by atoms with van der Waals surface area (Å²) in [6.07, 6.45) is -4.12. The van der Waals surface area contributed by atoms with Crippen LogP contribution in [0.1, 0.15) is 21.6 Å². The number of hydrogen-bond acceptors (Lipinski definition) is 4. The van der Waals surface area contributed by atoms with Crippen LogP contribution in [0.3, 0.4) is 0 Å². The van der Waals surface area contributed by atoms with Crippen molar-refractivity contribution in [2.45, 2.75) is 13.1 Å². The van der Waals surface area contributed by atoms with Crippen molar-refractivity contribution >= 4 is 22.6 Å². The Hall–Kier alpha value is -3.95. The number of amides is 1. The first kappa shape index (κ1) is 20.3. The zero-order valence-electron chi connectivity index (χ0n) is 16.4. The summed E-state index contributed by atoms with van der Waals surface area (Å²) in [4.78, 5) is 31.7. The predicted molar refractivity (Wildman–Crippen MR) is 109 cm³/mol. The third-order valence-corrected chi connectivity index (χ3v) is 4.76. The van der Waals surface area contributed by atoms with Gasteiger partial charge in [0.05, 0.1) is 27.9 Å². The van der Waals surface area contributed by atoms with Gasteiger partial charge in [0, 0.05) is 18.8 Å². The molecule has 10 heteroatoms. The summed E-state index contributed by atoms with van der Waals surface area (Å²) < 4.78 is 40.6. The number of halogens is 3. The Bertz CT molecular complexity index is 1360. The number of alkyl halides is 3. The summed E-state index contributed by atoms with van der Waals surface area (Å²) in [6, 6.07) is 11.2. The van der Waals surface area contributed by atoms with Gasteiger partial charge in [-0.25, -0.2) is 4.98 Å². The van der Waals surface area contributed by atoms with Gasteiger partial charge in [-0.2, -0.15) is 18.3 Å². The molecule has 0 atom stereocenters. The topological polar surface area (TPSA) is 92.7 Å². The van der Waals surface area contributed by atoms with Crippen molar-refractivity contribution in [2.24, 2.45) is 7.05 Å². The Balaban J connectivity index is 1.84. The number of nitrogens with zero attached hydrogens (tertiary/aromatic N) is 3. The Morgan fingerprint density at radius 3 is 2.55 bits per heavy atom. The van der Waals surface area contributed by atoms with E-state index in [1.165, 1.54) is 10.7 Å². The molecule has 0 radical (unpaired) electrons. The fourth-order valence-electron chi connectivity index (χ4n) is 3.31. The Morgan fingerprint density at radius 1 is 1.16 bits per heavy atom. The lowest BCUT2D eigenvalue weighted by molar-refractivity contribution is -0.137. The van der Waals surface area contributed by atoms with E-state index < -0.39 is 28.9 Å². The van der Waals surface area contributed by atoms with Crippen molar-refractivity contribution in [3.63, 3.8) is 0 Å². The number of aryl methyl sites for hydroxylation is 2. The molecule has 4 rings (SSSR count). The van der Waals surface area contributed by atoms with Crippen LogP contribution in [0.2, 0.25) is 0 Å². The first-order chi connectivity index (χ1) is 14.6. The standard InChI is InChI=1S/C21H16F3N5O2/c1-11-17-14(19(30)27-16-8-13(21(22,23)24)10-25-20(16)31)9-15(12-6-4-3-5-7-12)26-18(17)29(2)28-11/h3-10H,1-2H3,(H,25,31)(H,27,30). The molecule has 0 saturated carbocycles. The van der Waals surface area contributed by atoms with Gasteiger partial charge in [0.1, 0.15) is 5.69 Å². The molecule has 3 aromatic heterocycles. The third-order valence-electron chi connectivity index (χ3n) is 4.76. The number of nitrogens with one attached hydrogen (secondary N) is 2. The largest absolute Gasteiger partial charge is 0.417 e. The van der Waals surface area contributed by atoms with Crippen LogP contribution >= 0.6 is 0 Å². The number of carbonyl (C=O) groups is 1. The van der Waals surface area contributed by atoms with Gasteiger partial charge < -0.3 is 10.3 Å². The Morgan fingerprint density at radius 2 is 1.87 bits per heavy atom. The SMILES string of the molecule is Cc1nn(C)c2nc(-c3ccccc3)cc(C(=O)Nc3cc(C(F)(F)F)c[nH]c3=O)c12. The van der Waals surface area contributed by atoms with Crippen LogP contribution in [-0.2, 0) is 13.2 Å². The minimum atomic E-state index is -4.67. The van der Waals surface area contributed by atoms with Crippen molar-refractivity contribution in [1.82, 2.24) is 19.7 Å². The normalized spacial score (nSPS) is 11.6. The second kappa shape index (κ2) is 7.38. The average Bonchev–Trinajstić information content (AvgIpc) is 3.02. The molecular formula is C21H16F3N5O2. The van der Waals surface area contributed by atoms with Crippen LogP contribution in [0.5, 0.6) is 0 Å². The molecule has 0 fully saturated rings. The molecule has 0 aliphatic heterocycles. The van der Waals surface area contributed by atoms with Gasteiger partial charge in [0.2, 0.25) is 0 Å². The minimum absolute atomic E-state index is 0.145. The molecule has 4 aromatic rings. The van der Waals surface area contributed by atoms with Gasteiger partial charge >= 0.3 is 6.18 Å². The van der Waals surface area contributed by atoms with E-state index in [0.29, 0.717) is 34.7 Å². The monoisotopic (exact) mass is 427 g/mol. The Kier molecular flexibility index (Phi) is 4.84. The number of fused-ring (bicyclic) bond motifs is 1. The quantitative estimate of drug-likeness (QED) is 0.519. The minimum Gasteiger partial charge on any atom is -0.327 e. The highest BCUT2D eigenvalue weighted by molar-refractivity contribution is 6.13. The van der Waals surface area contributed by atoms with Crippen LogP contribution in [0.15, 0.2) is 53.5 Å². The van der Waals surface area contributed by atoms with Crippen LogP contribution in [0, 0.1) is 6.92 Å². The van der Waals surface area contributed by atoms with Crippen LogP contribution in [0.25, 0.3) is 22.3 Å². The third kappa shape index (κ3) is 3.79. The van der Waals surface area contributed by atoms with E-state index in [-0.39, 0.29) is 5.56 Å². The maximum Gasteiger partial charge on any atom is 0.417 e. The van der Waals surface area contributed by atoms with Crippen molar-refractivity contribution in [3.8, 4) is 11.3 Å². The molecule has 0 unspecified atom stereocenters. The first-order valence-electron chi connectivity index (χ1n) is 9.16. The van der Waals surface area contributed by atoms with E-state index >= 15 is 0 Å². The summed E-state index contributed by atoms with van der Waals surface area (Å²) in [6.45, 7) is 1.69. The van der Waals surface area contributed by atoms with Gasteiger partial charge in [-0.05, 0) is 19.1 Å².